The molecule has 0 amide bonds. The lowest BCUT2D eigenvalue weighted by molar-refractivity contribution is -0.154. The van der Waals surface area contributed by atoms with Crippen LogP contribution >= 0.6 is 0 Å². The molecular formula is C46H80N2O20. The molecule has 0 fully saturated rings. The number of carbonyl (C=O) groups is 8. The molecule has 0 radical (unpaired) electrons. The van der Waals surface area contributed by atoms with Gasteiger partial charge in [-0.15, -0.1) is 0 Å². The standard InChI is InChI=1S/C46H80N2O20/c1-35(65-43(53)17-9-13-39(49)61-27-23-57-5)31-47(32-36(2)66-44(54)18-10-14-40(50)62-28-24-58-6)21-22-48(33-37(3)67-45(55)19-11-15-41(51)63-29-25-59-7)34-38(4)68-46(56)20-12-16-42(52)64-30-26-60-8/h35-38H,9-34H2,1-8H3. The molecule has 0 aromatic carbocycles. The summed E-state index contributed by atoms with van der Waals surface area (Å²) >= 11 is 0. The van der Waals surface area contributed by atoms with Gasteiger partial charge in [-0.3, -0.25) is 48.2 Å². The van der Waals surface area contributed by atoms with Crippen molar-refractivity contribution in [1.82, 2.24) is 9.80 Å². The van der Waals surface area contributed by atoms with Crippen LogP contribution in [0, 0.1) is 0 Å². The Labute approximate surface area is 401 Å². The van der Waals surface area contributed by atoms with Crippen LogP contribution in [-0.4, -0.2) is 203 Å². The van der Waals surface area contributed by atoms with Crippen LogP contribution in [0.3, 0.4) is 0 Å². The Morgan fingerprint density at radius 3 is 0.691 bits per heavy atom. The van der Waals surface area contributed by atoms with Crippen molar-refractivity contribution in [2.45, 2.75) is 129 Å². The number of carbonyl (C=O) groups excluding carboxylic acids is 8. The summed E-state index contributed by atoms with van der Waals surface area (Å²) in [6.45, 7) is 9.84. The first-order valence-corrected chi connectivity index (χ1v) is 23.3. The van der Waals surface area contributed by atoms with Crippen LogP contribution in [0.2, 0.25) is 0 Å². The number of nitrogens with zero attached hydrogens (tertiary/aromatic N) is 2. The Bertz CT molecular complexity index is 1230. The van der Waals surface area contributed by atoms with Gasteiger partial charge >= 0.3 is 47.8 Å². The molecule has 0 aliphatic carbocycles. The first-order chi connectivity index (χ1) is 32.5. The van der Waals surface area contributed by atoms with Gasteiger partial charge in [-0.05, 0) is 53.4 Å². The average molecular weight is 981 g/mol. The van der Waals surface area contributed by atoms with Gasteiger partial charge in [0, 0.05) is 119 Å². The van der Waals surface area contributed by atoms with Crippen LogP contribution in [0.4, 0.5) is 0 Å². The van der Waals surface area contributed by atoms with Gasteiger partial charge < -0.3 is 56.8 Å². The summed E-state index contributed by atoms with van der Waals surface area (Å²) in [5.41, 5.74) is 0. The van der Waals surface area contributed by atoms with E-state index in [1.807, 2.05) is 9.80 Å². The summed E-state index contributed by atoms with van der Waals surface area (Å²) in [7, 11) is 5.96. The van der Waals surface area contributed by atoms with Gasteiger partial charge in [-0.2, -0.15) is 0 Å². The Hall–Kier alpha value is -4.48. The van der Waals surface area contributed by atoms with E-state index in [4.69, 9.17) is 56.8 Å². The maximum Gasteiger partial charge on any atom is 0.306 e. The van der Waals surface area contributed by atoms with E-state index in [9.17, 15) is 38.4 Å². The van der Waals surface area contributed by atoms with Gasteiger partial charge in [0.2, 0.25) is 0 Å². The van der Waals surface area contributed by atoms with Gasteiger partial charge in [0.15, 0.2) is 0 Å². The normalized spacial score (nSPS) is 12.9. The third-order valence-corrected chi connectivity index (χ3v) is 9.37. The second-order valence-corrected chi connectivity index (χ2v) is 16.0. The van der Waals surface area contributed by atoms with E-state index in [2.05, 4.69) is 0 Å². The van der Waals surface area contributed by atoms with Crippen molar-refractivity contribution in [2.24, 2.45) is 0 Å². The molecule has 0 aromatic heterocycles. The second-order valence-electron chi connectivity index (χ2n) is 16.0. The van der Waals surface area contributed by atoms with Crippen molar-refractivity contribution in [1.29, 1.82) is 0 Å². The zero-order valence-corrected chi connectivity index (χ0v) is 41.8. The molecule has 0 saturated carbocycles. The van der Waals surface area contributed by atoms with Crippen molar-refractivity contribution in [3.63, 3.8) is 0 Å². The van der Waals surface area contributed by atoms with E-state index < -0.39 is 72.2 Å². The van der Waals surface area contributed by atoms with Crippen molar-refractivity contribution < 1.29 is 95.2 Å². The highest BCUT2D eigenvalue weighted by atomic mass is 16.6. The van der Waals surface area contributed by atoms with E-state index >= 15 is 0 Å². The molecule has 0 saturated heterocycles. The number of hydrogen-bond acceptors (Lipinski definition) is 22. The molecule has 0 spiro atoms. The zero-order chi connectivity index (χ0) is 51.0. The second kappa shape index (κ2) is 41.5. The van der Waals surface area contributed by atoms with Gasteiger partial charge in [-0.1, -0.05) is 0 Å². The van der Waals surface area contributed by atoms with E-state index in [1.54, 1.807) is 27.7 Å². The highest BCUT2D eigenvalue weighted by Crippen LogP contribution is 2.11. The molecule has 394 valence electrons. The maximum absolute atomic E-state index is 12.8. The van der Waals surface area contributed by atoms with Gasteiger partial charge in [0.25, 0.3) is 0 Å². The van der Waals surface area contributed by atoms with Crippen LogP contribution in [0.5, 0.6) is 0 Å². The predicted octanol–water partition coefficient (Wildman–Crippen LogP) is 2.76. The summed E-state index contributed by atoms with van der Waals surface area (Å²) in [5, 5.41) is 0. The number of methoxy groups -OCH3 is 4. The Morgan fingerprint density at radius 2 is 0.500 bits per heavy atom. The number of hydrogen-bond donors (Lipinski definition) is 0. The molecular weight excluding hydrogens is 900 g/mol. The zero-order valence-electron chi connectivity index (χ0n) is 41.8. The fourth-order valence-corrected chi connectivity index (χ4v) is 6.29. The van der Waals surface area contributed by atoms with Crippen LogP contribution in [0.1, 0.15) is 105 Å². The first-order valence-electron chi connectivity index (χ1n) is 23.3. The summed E-state index contributed by atoms with van der Waals surface area (Å²) < 4.78 is 62.4. The highest BCUT2D eigenvalue weighted by Gasteiger charge is 2.24. The minimum atomic E-state index is -0.633. The maximum atomic E-state index is 12.8. The quantitative estimate of drug-likeness (QED) is 0.0484. The Morgan fingerprint density at radius 1 is 0.309 bits per heavy atom. The Kier molecular flexibility index (Phi) is 38.8. The summed E-state index contributed by atoms with van der Waals surface area (Å²) in [6, 6.07) is 0. The SMILES string of the molecule is COCCOC(=O)CCCC(=O)OC(C)CN(CCN(CC(C)OC(=O)CCCC(=O)OCCOC)CC(C)OC(=O)CCCC(=O)OCCOC)CC(C)OC(=O)CCCC(=O)OCCOC. The highest BCUT2D eigenvalue weighted by molar-refractivity contribution is 5.74. The molecule has 0 aliphatic heterocycles. The lowest BCUT2D eigenvalue weighted by atomic mass is 10.2. The molecule has 0 bridgehead atoms. The van der Waals surface area contributed by atoms with Gasteiger partial charge in [0.05, 0.1) is 26.4 Å². The van der Waals surface area contributed by atoms with Crippen LogP contribution in [0.25, 0.3) is 0 Å². The fraction of sp³-hybridized carbons (Fsp3) is 0.826. The van der Waals surface area contributed by atoms with Crippen molar-refractivity contribution in [3.05, 3.63) is 0 Å². The van der Waals surface area contributed by atoms with Crippen LogP contribution in [0.15, 0.2) is 0 Å². The monoisotopic (exact) mass is 981 g/mol. The van der Waals surface area contributed by atoms with Crippen molar-refractivity contribution in [2.75, 3.05) is 121 Å². The van der Waals surface area contributed by atoms with E-state index in [-0.39, 0.29) is 156 Å². The van der Waals surface area contributed by atoms with E-state index in [0.717, 1.165) is 0 Å². The van der Waals surface area contributed by atoms with Crippen LogP contribution < -0.4 is 0 Å². The molecule has 0 heterocycles. The fourth-order valence-electron chi connectivity index (χ4n) is 6.29. The third kappa shape index (κ3) is 38.5. The lowest BCUT2D eigenvalue weighted by Gasteiger charge is -2.32. The molecule has 4 unspecified atom stereocenters. The molecule has 4 atom stereocenters. The minimum Gasteiger partial charge on any atom is -0.463 e. The van der Waals surface area contributed by atoms with Crippen LogP contribution in [-0.2, 0) is 95.2 Å². The minimum absolute atomic E-state index is 0.0183. The summed E-state index contributed by atoms with van der Waals surface area (Å²) in [6.07, 6.45) is -1.59. The first kappa shape index (κ1) is 63.5. The molecule has 0 rings (SSSR count). The largest absolute Gasteiger partial charge is 0.463 e. The average Bonchev–Trinajstić information content (AvgIpc) is 3.25. The van der Waals surface area contributed by atoms with Crippen molar-refractivity contribution >= 4 is 47.8 Å². The molecule has 68 heavy (non-hydrogen) atoms. The van der Waals surface area contributed by atoms with E-state index in [0.29, 0.717) is 13.1 Å². The molecule has 0 N–H and O–H groups in total. The Balaban J connectivity index is 5.91. The van der Waals surface area contributed by atoms with Gasteiger partial charge in [-0.25, -0.2) is 0 Å². The number of esters is 8. The molecule has 0 aliphatic rings. The topological polar surface area (TPSA) is 254 Å². The molecule has 22 heteroatoms. The smallest absolute Gasteiger partial charge is 0.306 e. The molecule has 22 nitrogen and oxygen atoms in total. The van der Waals surface area contributed by atoms with E-state index in [1.165, 1.54) is 28.4 Å². The van der Waals surface area contributed by atoms with Crippen molar-refractivity contribution in [3.8, 4) is 0 Å². The predicted molar refractivity (Wildman–Crippen MR) is 242 cm³/mol. The third-order valence-electron chi connectivity index (χ3n) is 9.37. The summed E-state index contributed by atoms with van der Waals surface area (Å²) in [4.78, 5) is 103. The summed E-state index contributed by atoms with van der Waals surface area (Å²) in [5.74, 6) is -3.87. The molecule has 0 aromatic rings. The number of ether oxygens (including phenoxy) is 12. The number of rotatable bonds is 43. The lowest BCUT2D eigenvalue weighted by Crippen LogP contribution is -2.46. The van der Waals surface area contributed by atoms with Gasteiger partial charge in [0.1, 0.15) is 50.8 Å².